The van der Waals surface area contributed by atoms with E-state index in [1.165, 1.54) is 0 Å². The van der Waals surface area contributed by atoms with Crippen molar-refractivity contribution in [3.05, 3.63) is 34.9 Å². The Balaban J connectivity index is 1.83. The number of amides is 1. The Morgan fingerprint density at radius 3 is 2.91 bits per heavy atom. The van der Waals surface area contributed by atoms with Crippen LogP contribution in [-0.4, -0.2) is 47.8 Å². The summed E-state index contributed by atoms with van der Waals surface area (Å²) in [4.78, 5) is 14.9. The van der Waals surface area contributed by atoms with E-state index in [0.29, 0.717) is 19.6 Å². The minimum Gasteiger partial charge on any atom is -0.393 e. The molecule has 0 saturated carbocycles. The molecule has 0 spiro atoms. The van der Waals surface area contributed by atoms with Gasteiger partial charge in [-0.05, 0) is 50.3 Å². The van der Waals surface area contributed by atoms with Gasteiger partial charge in [-0.15, -0.1) is 0 Å². The average Bonchev–Trinajstić information content (AvgIpc) is 2.99. The molecule has 2 aliphatic heterocycles. The fourth-order valence-electron chi connectivity index (χ4n) is 3.74. The van der Waals surface area contributed by atoms with Gasteiger partial charge in [-0.2, -0.15) is 0 Å². The van der Waals surface area contributed by atoms with Crippen molar-refractivity contribution < 1.29 is 14.6 Å². The molecule has 4 nitrogen and oxygen atoms in total. The lowest BCUT2D eigenvalue weighted by Gasteiger charge is -2.37. The van der Waals surface area contributed by atoms with E-state index in [4.69, 9.17) is 4.74 Å². The van der Waals surface area contributed by atoms with E-state index in [1.807, 2.05) is 36.9 Å². The number of hydrogen-bond acceptors (Lipinski definition) is 3. The van der Waals surface area contributed by atoms with Crippen LogP contribution in [0.2, 0.25) is 0 Å². The summed E-state index contributed by atoms with van der Waals surface area (Å²) in [7, 11) is 0. The molecule has 2 saturated heterocycles. The fraction of sp³-hybridized carbons (Fsp3) is 0.611. The second kappa shape index (κ2) is 6.39. The number of ether oxygens (including phenoxy) is 1. The van der Waals surface area contributed by atoms with Gasteiger partial charge in [-0.3, -0.25) is 4.79 Å². The van der Waals surface area contributed by atoms with Crippen molar-refractivity contribution in [3.63, 3.8) is 0 Å². The zero-order valence-electron chi connectivity index (χ0n) is 13.4. The van der Waals surface area contributed by atoms with Gasteiger partial charge >= 0.3 is 0 Å². The van der Waals surface area contributed by atoms with E-state index in [9.17, 15) is 9.90 Å². The summed E-state index contributed by atoms with van der Waals surface area (Å²) in [5.41, 5.74) is 2.99. The van der Waals surface area contributed by atoms with E-state index in [0.717, 1.165) is 36.1 Å². The first-order chi connectivity index (χ1) is 10.6. The van der Waals surface area contributed by atoms with Gasteiger partial charge in [0, 0.05) is 30.7 Å². The largest absolute Gasteiger partial charge is 0.393 e. The molecule has 2 fully saturated rings. The summed E-state index contributed by atoms with van der Waals surface area (Å²) in [5.74, 6) is 0.145. The number of aliphatic hydroxyl groups excluding tert-OH is 1. The number of nitrogens with zero attached hydrogens (tertiary/aromatic N) is 1. The van der Waals surface area contributed by atoms with Crippen LogP contribution in [0.15, 0.2) is 18.2 Å². The number of rotatable bonds is 2. The Labute approximate surface area is 132 Å². The van der Waals surface area contributed by atoms with E-state index in [1.54, 1.807) is 0 Å². The average molecular weight is 303 g/mol. The maximum Gasteiger partial charge on any atom is 0.254 e. The molecule has 3 rings (SSSR count). The van der Waals surface area contributed by atoms with Crippen LogP contribution < -0.4 is 0 Å². The summed E-state index contributed by atoms with van der Waals surface area (Å²) in [6.07, 6.45) is 2.28. The molecule has 4 heteroatoms. The Hall–Kier alpha value is -1.39. The molecule has 1 aromatic carbocycles. The number of benzene rings is 1. The topological polar surface area (TPSA) is 49.8 Å². The molecular weight excluding hydrogens is 278 g/mol. The predicted molar refractivity (Wildman–Crippen MR) is 84.9 cm³/mol. The summed E-state index contributed by atoms with van der Waals surface area (Å²) in [6, 6.07) is 5.99. The van der Waals surface area contributed by atoms with Crippen LogP contribution in [0, 0.1) is 19.8 Å². The van der Waals surface area contributed by atoms with Gasteiger partial charge in [0.1, 0.15) is 0 Å². The molecule has 120 valence electrons. The molecule has 0 unspecified atom stereocenters. The van der Waals surface area contributed by atoms with E-state index in [2.05, 4.69) is 0 Å². The van der Waals surface area contributed by atoms with E-state index in [-0.39, 0.29) is 24.0 Å². The van der Waals surface area contributed by atoms with Crippen molar-refractivity contribution in [1.82, 2.24) is 4.90 Å². The number of carbonyl (C=O) groups excluding carboxylic acids is 1. The van der Waals surface area contributed by atoms with Crippen LogP contribution >= 0.6 is 0 Å². The summed E-state index contributed by atoms with van der Waals surface area (Å²) < 4.78 is 5.54. The molecule has 0 radical (unpaired) electrons. The standard InChI is InChI=1S/C18H25NO3/c1-12-5-3-6-14(13(12)2)18(21)19-9-4-7-16(19)15-11-22-10-8-17(15)20/h3,5-6,15-17,20H,4,7-11H2,1-2H3/t15-,16-,17-/m1/s1. The van der Waals surface area contributed by atoms with Crippen molar-refractivity contribution in [2.75, 3.05) is 19.8 Å². The Morgan fingerprint density at radius 2 is 2.14 bits per heavy atom. The Morgan fingerprint density at radius 1 is 1.32 bits per heavy atom. The molecule has 1 aromatic rings. The van der Waals surface area contributed by atoms with Crippen molar-refractivity contribution in [3.8, 4) is 0 Å². The highest BCUT2D eigenvalue weighted by Gasteiger charge is 2.40. The molecule has 0 aromatic heterocycles. The number of aryl methyl sites for hydroxylation is 1. The monoisotopic (exact) mass is 303 g/mol. The summed E-state index contributed by atoms with van der Waals surface area (Å²) in [5, 5.41) is 10.3. The highest BCUT2D eigenvalue weighted by Crippen LogP contribution is 2.31. The molecule has 1 amide bonds. The number of aliphatic hydroxyl groups is 1. The highest BCUT2D eigenvalue weighted by atomic mass is 16.5. The smallest absolute Gasteiger partial charge is 0.254 e. The van der Waals surface area contributed by atoms with Crippen LogP contribution in [0.4, 0.5) is 0 Å². The summed E-state index contributed by atoms with van der Waals surface area (Å²) in [6.45, 7) is 6.00. The molecular formula is C18H25NO3. The molecule has 1 N–H and O–H groups in total. The zero-order valence-corrected chi connectivity index (χ0v) is 13.4. The van der Waals surface area contributed by atoms with Gasteiger partial charge < -0.3 is 14.7 Å². The third-order valence-electron chi connectivity index (χ3n) is 5.25. The Kier molecular flexibility index (Phi) is 4.50. The molecule has 0 bridgehead atoms. The number of carbonyl (C=O) groups is 1. The molecule has 0 aliphatic carbocycles. The fourth-order valence-corrected chi connectivity index (χ4v) is 3.74. The first kappa shape index (κ1) is 15.5. The van der Waals surface area contributed by atoms with Gasteiger partial charge in [0.25, 0.3) is 5.91 Å². The van der Waals surface area contributed by atoms with Crippen molar-refractivity contribution in [2.45, 2.75) is 45.3 Å². The third-order valence-corrected chi connectivity index (χ3v) is 5.25. The lowest BCUT2D eigenvalue weighted by atomic mass is 9.89. The third kappa shape index (κ3) is 2.77. The molecule has 2 heterocycles. The first-order valence-corrected chi connectivity index (χ1v) is 8.22. The lowest BCUT2D eigenvalue weighted by molar-refractivity contribution is -0.0589. The van der Waals surface area contributed by atoms with Gasteiger partial charge in [-0.1, -0.05) is 12.1 Å². The van der Waals surface area contributed by atoms with Crippen molar-refractivity contribution in [2.24, 2.45) is 5.92 Å². The van der Waals surface area contributed by atoms with Crippen molar-refractivity contribution >= 4 is 5.91 Å². The molecule has 3 atom stereocenters. The van der Waals surface area contributed by atoms with Crippen molar-refractivity contribution in [1.29, 1.82) is 0 Å². The lowest BCUT2D eigenvalue weighted by Crippen LogP contribution is -2.48. The van der Waals surface area contributed by atoms with Crippen LogP contribution in [0.1, 0.15) is 40.7 Å². The normalized spacial score (nSPS) is 28.9. The molecule has 22 heavy (non-hydrogen) atoms. The SMILES string of the molecule is Cc1cccc(C(=O)N2CCC[C@@H]2[C@H]2COCC[C@H]2O)c1C. The number of hydrogen-bond donors (Lipinski definition) is 1. The van der Waals surface area contributed by atoms with Crippen LogP contribution in [0.5, 0.6) is 0 Å². The highest BCUT2D eigenvalue weighted by molar-refractivity contribution is 5.96. The second-order valence-corrected chi connectivity index (χ2v) is 6.55. The van der Waals surface area contributed by atoms with Gasteiger partial charge in [-0.25, -0.2) is 0 Å². The Bertz CT molecular complexity index is 557. The predicted octanol–water partition coefficient (Wildman–Crippen LogP) is 2.31. The van der Waals surface area contributed by atoms with Gasteiger partial charge in [0.2, 0.25) is 0 Å². The summed E-state index contributed by atoms with van der Waals surface area (Å²) >= 11 is 0. The quantitative estimate of drug-likeness (QED) is 0.912. The van der Waals surface area contributed by atoms with E-state index < -0.39 is 0 Å². The number of likely N-dealkylation sites (tertiary alicyclic amines) is 1. The van der Waals surface area contributed by atoms with Crippen LogP contribution in [0.25, 0.3) is 0 Å². The van der Waals surface area contributed by atoms with Gasteiger partial charge in [0.05, 0.1) is 12.7 Å². The first-order valence-electron chi connectivity index (χ1n) is 8.22. The minimum atomic E-state index is -0.356. The van der Waals surface area contributed by atoms with Gasteiger partial charge in [0.15, 0.2) is 0 Å². The maximum absolute atomic E-state index is 13.0. The second-order valence-electron chi connectivity index (χ2n) is 6.55. The zero-order chi connectivity index (χ0) is 15.7. The minimum absolute atomic E-state index is 0.0466. The van der Waals surface area contributed by atoms with Crippen LogP contribution in [0.3, 0.4) is 0 Å². The van der Waals surface area contributed by atoms with Crippen LogP contribution in [-0.2, 0) is 4.74 Å². The van der Waals surface area contributed by atoms with E-state index >= 15 is 0 Å². The maximum atomic E-state index is 13.0. The molecule has 2 aliphatic rings.